The van der Waals surface area contributed by atoms with Crippen LogP contribution in [0.1, 0.15) is 5.56 Å². The molecule has 0 fully saturated rings. The van der Waals surface area contributed by atoms with E-state index >= 15 is 0 Å². The zero-order chi connectivity index (χ0) is 12.5. The largest absolute Gasteiger partial charge is 0.382 e. The van der Waals surface area contributed by atoms with Gasteiger partial charge in [-0.15, -0.1) is 0 Å². The highest BCUT2D eigenvalue weighted by atomic mass is 14.9. The molecule has 0 amide bonds. The molecule has 0 spiro atoms. The molecule has 0 radical (unpaired) electrons. The van der Waals surface area contributed by atoms with E-state index in [1.54, 1.807) is 0 Å². The Morgan fingerprint density at radius 2 is 1.61 bits per heavy atom. The Bertz CT molecular complexity index is 720. The summed E-state index contributed by atoms with van der Waals surface area (Å²) in [6.07, 6.45) is 0. The maximum atomic E-state index is 6.00. The van der Waals surface area contributed by atoms with Gasteiger partial charge in [0.15, 0.2) is 5.82 Å². The highest BCUT2D eigenvalue weighted by Crippen LogP contribution is 2.25. The van der Waals surface area contributed by atoms with Crippen molar-refractivity contribution in [2.75, 3.05) is 5.73 Å². The molecule has 1 heterocycles. The number of para-hydroxylation sites is 2. The lowest BCUT2D eigenvalue weighted by Gasteiger charge is -2.07. The third kappa shape index (κ3) is 1.80. The SMILES string of the molecule is Cc1cccc(-c2nc3ccccc3nc2N)c1. The van der Waals surface area contributed by atoms with E-state index < -0.39 is 0 Å². The molecule has 88 valence electrons. The van der Waals surface area contributed by atoms with Crippen LogP contribution in [0.4, 0.5) is 5.82 Å². The van der Waals surface area contributed by atoms with Gasteiger partial charge in [0.25, 0.3) is 0 Å². The highest BCUT2D eigenvalue weighted by molar-refractivity contribution is 5.82. The molecule has 18 heavy (non-hydrogen) atoms. The van der Waals surface area contributed by atoms with Crippen LogP contribution in [-0.4, -0.2) is 9.97 Å². The number of nitrogens with zero attached hydrogens (tertiary/aromatic N) is 2. The summed E-state index contributed by atoms with van der Waals surface area (Å²) >= 11 is 0. The number of rotatable bonds is 1. The van der Waals surface area contributed by atoms with E-state index in [1.165, 1.54) is 5.56 Å². The highest BCUT2D eigenvalue weighted by Gasteiger charge is 2.07. The van der Waals surface area contributed by atoms with Crippen molar-refractivity contribution in [3.05, 3.63) is 54.1 Å². The van der Waals surface area contributed by atoms with E-state index in [-0.39, 0.29) is 0 Å². The maximum absolute atomic E-state index is 6.00. The Balaban J connectivity index is 2.26. The number of aromatic nitrogens is 2. The van der Waals surface area contributed by atoms with Gasteiger partial charge in [-0.25, -0.2) is 9.97 Å². The predicted molar refractivity (Wildman–Crippen MR) is 74.1 cm³/mol. The molecule has 2 aromatic carbocycles. The quantitative estimate of drug-likeness (QED) is 0.704. The van der Waals surface area contributed by atoms with Crippen molar-refractivity contribution in [1.29, 1.82) is 0 Å². The number of nitrogens with two attached hydrogens (primary N) is 1. The van der Waals surface area contributed by atoms with E-state index in [4.69, 9.17) is 5.73 Å². The smallest absolute Gasteiger partial charge is 0.150 e. The van der Waals surface area contributed by atoms with Crippen molar-refractivity contribution in [2.24, 2.45) is 0 Å². The molecule has 0 aliphatic carbocycles. The third-order valence-electron chi connectivity index (χ3n) is 2.89. The first kappa shape index (κ1) is 10.7. The van der Waals surface area contributed by atoms with E-state index in [1.807, 2.05) is 49.4 Å². The molecule has 3 aromatic rings. The van der Waals surface area contributed by atoms with Crippen molar-refractivity contribution in [3.8, 4) is 11.3 Å². The molecule has 1 aromatic heterocycles. The number of fused-ring (bicyclic) bond motifs is 1. The fraction of sp³-hybridized carbons (Fsp3) is 0.0667. The first-order valence-electron chi connectivity index (χ1n) is 5.83. The molecular formula is C15H13N3. The van der Waals surface area contributed by atoms with Crippen LogP contribution in [0.15, 0.2) is 48.5 Å². The van der Waals surface area contributed by atoms with Crippen LogP contribution in [0.25, 0.3) is 22.3 Å². The zero-order valence-corrected chi connectivity index (χ0v) is 10.1. The minimum atomic E-state index is 0.472. The van der Waals surface area contributed by atoms with Gasteiger partial charge in [0.2, 0.25) is 0 Å². The van der Waals surface area contributed by atoms with Crippen LogP contribution >= 0.6 is 0 Å². The third-order valence-corrected chi connectivity index (χ3v) is 2.89. The molecule has 2 N–H and O–H groups in total. The van der Waals surface area contributed by atoms with Gasteiger partial charge in [-0.3, -0.25) is 0 Å². The van der Waals surface area contributed by atoms with Gasteiger partial charge in [0.05, 0.1) is 11.0 Å². The van der Waals surface area contributed by atoms with Crippen molar-refractivity contribution in [2.45, 2.75) is 6.92 Å². The molecule has 0 atom stereocenters. The molecule has 3 nitrogen and oxygen atoms in total. The first-order valence-corrected chi connectivity index (χ1v) is 5.83. The first-order chi connectivity index (χ1) is 8.74. The Kier molecular flexibility index (Phi) is 2.45. The molecule has 0 saturated heterocycles. The lowest BCUT2D eigenvalue weighted by molar-refractivity contribution is 1.30. The topological polar surface area (TPSA) is 51.8 Å². The minimum absolute atomic E-state index is 0.472. The number of anilines is 1. The Morgan fingerprint density at radius 1 is 0.889 bits per heavy atom. The molecule has 3 heteroatoms. The van der Waals surface area contributed by atoms with Gasteiger partial charge in [0.1, 0.15) is 5.69 Å². The summed E-state index contributed by atoms with van der Waals surface area (Å²) in [5, 5.41) is 0. The molecule has 0 saturated carbocycles. The number of benzene rings is 2. The van der Waals surface area contributed by atoms with Crippen LogP contribution < -0.4 is 5.73 Å². The number of hydrogen-bond acceptors (Lipinski definition) is 3. The van der Waals surface area contributed by atoms with Gasteiger partial charge < -0.3 is 5.73 Å². The Morgan fingerprint density at radius 3 is 2.33 bits per heavy atom. The molecular weight excluding hydrogens is 222 g/mol. The summed E-state index contributed by atoms with van der Waals surface area (Å²) < 4.78 is 0. The summed E-state index contributed by atoms with van der Waals surface area (Å²) in [4.78, 5) is 9.00. The maximum Gasteiger partial charge on any atom is 0.150 e. The summed E-state index contributed by atoms with van der Waals surface area (Å²) in [6.45, 7) is 2.05. The summed E-state index contributed by atoms with van der Waals surface area (Å²) in [6, 6.07) is 15.9. The number of aryl methyl sites for hydroxylation is 1. The number of hydrogen-bond donors (Lipinski definition) is 1. The second-order valence-corrected chi connectivity index (χ2v) is 4.32. The van der Waals surface area contributed by atoms with Crippen LogP contribution in [0, 0.1) is 6.92 Å². The fourth-order valence-electron chi connectivity index (χ4n) is 2.02. The summed E-state index contributed by atoms with van der Waals surface area (Å²) in [5.41, 5.74) is 10.6. The van der Waals surface area contributed by atoms with Crippen LogP contribution in [0.3, 0.4) is 0 Å². The van der Waals surface area contributed by atoms with Crippen molar-refractivity contribution in [1.82, 2.24) is 9.97 Å². The van der Waals surface area contributed by atoms with Crippen LogP contribution in [0.5, 0.6) is 0 Å². The predicted octanol–water partition coefficient (Wildman–Crippen LogP) is 3.19. The van der Waals surface area contributed by atoms with Crippen molar-refractivity contribution >= 4 is 16.9 Å². The monoisotopic (exact) mass is 235 g/mol. The molecule has 0 bridgehead atoms. The van der Waals surface area contributed by atoms with Crippen molar-refractivity contribution < 1.29 is 0 Å². The van der Waals surface area contributed by atoms with Gasteiger partial charge in [-0.2, -0.15) is 0 Å². The van der Waals surface area contributed by atoms with E-state index in [2.05, 4.69) is 16.0 Å². The van der Waals surface area contributed by atoms with Crippen LogP contribution in [0.2, 0.25) is 0 Å². The lowest BCUT2D eigenvalue weighted by Crippen LogP contribution is -1.98. The average Bonchev–Trinajstić information content (AvgIpc) is 2.38. The zero-order valence-electron chi connectivity index (χ0n) is 10.1. The normalized spacial score (nSPS) is 10.7. The minimum Gasteiger partial charge on any atom is -0.382 e. The molecule has 0 unspecified atom stereocenters. The Labute approximate surface area is 105 Å². The average molecular weight is 235 g/mol. The van der Waals surface area contributed by atoms with Gasteiger partial charge in [-0.05, 0) is 25.1 Å². The second kappa shape index (κ2) is 4.11. The Hall–Kier alpha value is -2.42. The standard InChI is InChI=1S/C15H13N3/c1-10-5-4-6-11(9-10)14-15(16)18-13-8-3-2-7-12(13)17-14/h2-9H,1H3,(H2,16,18). The lowest BCUT2D eigenvalue weighted by atomic mass is 10.1. The van der Waals surface area contributed by atoms with Gasteiger partial charge in [0, 0.05) is 5.56 Å². The number of nitrogen functional groups attached to an aromatic ring is 1. The van der Waals surface area contributed by atoms with E-state index in [0.717, 1.165) is 22.3 Å². The van der Waals surface area contributed by atoms with E-state index in [0.29, 0.717) is 5.82 Å². The molecule has 3 rings (SSSR count). The molecule has 0 aliphatic heterocycles. The van der Waals surface area contributed by atoms with Crippen LogP contribution in [-0.2, 0) is 0 Å². The summed E-state index contributed by atoms with van der Waals surface area (Å²) in [7, 11) is 0. The fourth-order valence-corrected chi connectivity index (χ4v) is 2.02. The second-order valence-electron chi connectivity index (χ2n) is 4.32. The summed E-state index contributed by atoms with van der Waals surface area (Å²) in [5.74, 6) is 0.472. The van der Waals surface area contributed by atoms with Gasteiger partial charge in [-0.1, -0.05) is 35.9 Å². The molecule has 0 aliphatic rings. The van der Waals surface area contributed by atoms with E-state index in [9.17, 15) is 0 Å². The van der Waals surface area contributed by atoms with Gasteiger partial charge >= 0.3 is 0 Å². The van der Waals surface area contributed by atoms with Crippen molar-refractivity contribution in [3.63, 3.8) is 0 Å².